The molecule has 1 aromatic carbocycles. The Morgan fingerprint density at radius 3 is 2.58 bits per heavy atom. The molecule has 1 rings (SSSR count). The van der Waals surface area contributed by atoms with E-state index < -0.39 is 5.54 Å². The summed E-state index contributed by atoms with van der Waals surface area (Å²) in [6.45, 7) is 2.71. The second kappa shape index (κ2) is 7.92. The van der Waals surface area contributed by atoms with Gasteiger partial charge >= 0.3 is 5.97 Å². The van der Waals surface area contributed by atoms with Gasteiger partial charge in [0.05, 0.1) is 13.7 Å². The Hall–Kier alpha value is -1.39. The van der Waals surface area contributed by atoms with Crippen LogP contribution in [0.15, 0.2) is 30.3 Å². The minimum atomic E-state index is -0.776. The summed E-state index contributed by atoms with van der Waals surface area (Å²) in [6, 6.07) is 10.3. The summed E-state index contributed by atoms with van der Waals surface area (Å²) in [6.07, 6.45) is 1.92. The van der Waals surface area contributed by atoms with Crippen molar-refractivity contribution in [3.63, 3.8) is 0 Å². The number of methoxy groups -OCH3 is 1. The van der Waals surface area contributed by atoms with Crippen LogP contribution < -0.4 is 5.32 Å². The second-order valence-electron chi connectivity index (χ2n) is 4.72. The fraction of sp³-hybridized carbons (Fsp3) is 0.533. The first-order valence-electron chi connectivity index (χ1n) is 6.51. The number of esters is 1. The van der Waals surface area contributed by atoms with E-state index in [1.807, 2.05) is 18.2 Å². The molecule has 0 spiro atoms. The van der Waals surface area contributed by atoms with Crippen LogP contribution in [0.2, 0.25) is 0 Å². The van der Waals surface area contributed by atoms with Crippen LogP contribution in [0.1, 0.15) is 18.9 Å². The van der Waals surface area contributed by atoms with Crippen LogP contribution in [0.3, 0.4) is 0 Å². The number of rotatable bonds is 8. The number of carbonyl (C=O) groups excluding carboxylic acids is 1. The summed E-state index contributed by atoms with van der Waals surface area (Å²) in [5.41, 5.74) is 0.525. The maximum atomic E-state index is 11.6. The van der Waals surface area contributed by atoms with Gasteiger partial charge in [-0.25, -0.2) is 4.79 Å². The zero-order valence-electron chi connectivity index (χ0n) is 11.9. The van der Waals surface area contributed by atoms with Gasteiger partial charge in [0.15, 0.2) is 0 Å². The van der Waals surface area contributed by atoms with Crippen molar-refractivity contribution < 1.29 is 14.3 Å². The minimum absolute atomic E-state index is 0.307. The van der Waals surface area contributed by atoms with Crippen molar-refractivity contribution in [1.29, 1.82) is 0 Å². The average Bonchev–Trinajstić information content (AvgIpc) is 2.46. The van der Waals surface area contributed by atoms with Gasteiger partial charge < -0.3 is 14.8 Å². The van der Waals surface area contributed by atoms with Gasteiger partial charge in [-0.05, 0) is 32.4 Å². The lowest BCUT2D eigenvalue weighted by atomic mass is 10.1. The fourth-order valence-corrected chi connectivity index (χ4v) is 1.76. The molecule has 0 radical (unpaired) electrons. The highest BCUT2D eigenvalue weighted by Gasteiger charge is 2.32. The maximum absolute atomic E-state index is 11.6. The Bertz CT molecular complexity index is 380. The number of ether oxygens (including phenoxy) is 2. The molecule has 1 aromatic rings. The Kier molecular flexibility index (Phi) is 6.53. The van der Waals surface area contributed by atoms with Crippen molar-refractivity contribution in [1.82, 2.24) is 5.32 Å². The van der Waals surface area contributed by atoms with Gasteiger partial charge in [0.25, 0.3) is 0 Å². The predicted octanol–water partition coefficient (Wildman–Crippen LogP) is 1.79. The average molecular weight is 265 g/mol. The van der Waals surface area contributed by atoms with Crippen LogP contribution in [-0.4, -0.2) is 38.9 Å². The number of nitrogens with one attached hydrogen (secondary N) is 1. The van der Waals surface area contributed by atoms with Crippen molar-refractivity contribution in [3.05, 3.63) is 35.9 Å². The van der Waals surface area contributed by atoms with Crippen molar-refractivity contribution in [3.8, 4) is 0 Å². The van der Waals surface area contributed by atoms with Crippen molar-refractivity contribution in [2.75, 3.05) is 27.4 Å². The van der Waals surface area contributed by atoms with Gasteiger partial charge in [0.2, 0.25) is 0 Å². The molecule has 0 aliphatic carbocycles. The third-order valence-corrected chi connectivity index (χ3v) is 3.18. The largest absolute Gasteiger partial charge is 0.468 e. The molecular formula is C15H23NO3. The Balaban J connectivity index is 2.25. The molecule has 0 amide bonds. The second-order valence-corrected chi connectivity index (χ2v) is 4.72. The van der Waals surface area contributed by atoms with Crippen molar-refractivity contribution in [2.24, 2.45) is 0 Å². The molecule has 4 nitrogen and oxygen atoms in total. The molecule has 0 fully saturated rings. The first kappa shape index (κ1) is 15.7. The molecule has 0 heterocycles. The normalized spacial score (nSPS) is 13.8. The zero-order chi connectivity index (χ0) is 14.1. The molecule has 4 heteroatoms. The Morgan fingerprint density at radius 1 is 1.32 bits per heavy atom. The number of hydrogen-bond donors (Lipinski definition) is 1. The fourth-order valence-electron chi connectivity index (χ4n) is 1.76. The molecule has 0 saturated heterocycles. The summed E-state index contributed by atoms with van der Waals surface area (Å²) in [5, 5.41) is 2.94. The quantitative estimate of drug-likeness (QED) is 0.575. The first-order chi connectivity index (χ1) is 9.12. The number of likely N-dealkylation sites (N-methyl/N-ethyl adjacent to an activating group) is 1. The summed E-state index contributed by atoms with van der Waals surface area (Å²) < 4.78 is 10.3. The summed E-state index contributed by atoms with van der Waals surface area (Å²) in [7, 11) is 3.11. The van der Waals surface area contributed by atoms with Gasteiger partial charge in [-0.1, -0.05) is 30.3 Å². The molecule has 0 saturated carbocycles. The smallest absolute Gasteiger partial charge is 0.328 e. The van der Waals surface area contributed by atoms with Crippen LogP contribution in [-0.2, 0) is 20.7 Å². The van der Waals surface area contributed by atoms with E-state index in [1.165, 1.54) is 12.7 Å². The third kappa shape index (κ3) is 5.01. The van der Waals surface area contributed by atoms with Crippen molar-refractivity contribution in [2.45, 2.75) is 25.3 Å². The summed E-state index contributed by atoms with van der Waals surface area (Å²) in [4.78, 5) is 11.6. The highest BCUT2D eigenvalue weighted by molar-refractivity contribution is 5.80. The first-order valence-corrected chi connectivity index (χ1v) is 6.51. The van der Waals surface area contributed by atoms with Crippen LogP contribution in [0.25, 0.3) is 0 Å². The number of carbonyl (C=O) groups is 1. The molecular weight excluding hydrogens is 242 g/mol. The molecule has 0 aliphatic heterocycles. The molecule has 106 valence electrons. The van der Waals surface area contributed by atoms with E-state index >= 15 is 0 Å². The Labute approximate surface area is 115 Å². The van der Waals surface area contributed by atoms with E-state index in [1.54, 1.807) is 14.0 Å². The van der Waals surface area contributed by atoms with Crippen LogP contribution >= 0.6 is 0 Å². The highest BCUT2D eigenvalue weighted by atomic mass is 16.5. The topological polar surface area (TPSA) is 47.6 Å². The van der Waals surface area contributed by atoms with E-state index in [-0.39, 0.29) is 5.97 Å². The summed E-state index contributed by atoms with van der Waals surface area (Å²) >= 11 is 0. The lowest BCUT2D eigenvalue weighted by Crippen LogP contribution is -2.52. The standard InChI is InChI=1S/C15H23NO3/c1-15(16-2,14(17)18-3)12-19-11-7-10-13-8-5-4-6-9-13/h4-6,8-9,16H,7,10-12H2,1-3H3. The van der Waals surface area contributed by atoms with E-state index in [9.17, 15) is 4.79 Å². The Morgan fingerprint density at radius 2 is 2.00 bits per heavy atom. The lowest BCUT2D eigenvalue weighted by molar-refractivity contribution is -0.150. The molecule has 1 atom stereocenters. The molecule has 0 aliphatic rings. The van der Waals surface area contributed by atoms with E-state index in [0.717, 1.165) is 12.8 Å². The molecule has 1 unspecified atom stereocenters. The SMILES string of the molecule is CNC(C)(COCCCc1ccccc1)C(=O)OC. The van der Waals surface area contributed by atoms with Gasteiger partial charge in [-0.15, -0.1) is 0 Å². The monoisotopic (exact) mass is 265 g/mol. The molecule has 0 aromatic heterocycles. The van der Waals surface area contributed by atoms with Crippen LogP contribution in [0.4, 0.5) is 0 Å². The van der Waals surface area contributed by atoms with Gasteiger partial charge in [-0.2, -0.15) is 0 Å². The molecule has 19 heavy (non-hydrogen) atoms. The van der Waals surface area contributed by atoms with Gasteiger partial charge in [-0.3, -0.25) is 0 Å². The minimum Gasteiger partial charge on any atom is -0.468 e. The highest BCUT2D eigenvalue weighted by Crippen LogP contribution is 2.07. The lowest BCUT2D eigenvalue weighted by Gasteiger charge is -2.25. The summed E-state index contributed by atoms with van der Waals surface area (Å²) in [5.74, 6) is -0.307. The number of aryl methyl sites for hydroxylation is 1. The number of benzene rings is 1. The predicted molar refractivity (Wildman–Crippen MR) is 75.1 cm³/mol. The van der Waals surface area contributed by atoms with Crippen LogP contribution in [0, 0.1) is 0 Å². The van der Waals surface area contributed by atoms with E-state index in [4.69, 9.17) is 9.47 Å². The van der Waals surface area contributed by atoms with Gasteiger partial charge in [0, 0.05) is 6.61 Å². The van der Waals surface area contributed by atoms with E-state index in [2.05, 4.69) is 17.4 Å². The van der Waals surface area contributed by atoms with Crippen molar-refractivity contribution >= 4 is 5.97 Å². The molecule has 0 bridgehead atoms. The molecule has 1 N–H and O–H groups in total. The van der Waals surface area contributed by atoms with Gasteiger partial charge in [0.1, 0.15) is 5.54 Å². The zero-order valence-corrected chi connectivity index (χ0v) is 11.9. The third-order valence-electron chi connectivity index (χ3n) is 3.18. The maximum Gasteiger partial charge on any atom is 0.328 e. The van der Waals surface area contributed by atoms with E-state index in [0.29, 0.717) is 13.2 Å². The van der Waals surface area contributed by atoms with Crippen LogP contribution in [0.5, 0.6) is 0 Å². The number of hydrogen-bond acceptors (Lipinski definition) is 4.